The Bertz CT molecular complexity index is 764. The molecule has 2 amide bonds. The molecule has 124 valence electrons. The molecule has 0 radical (unpaired) electrons. The van der Waals surface area contributed by atoms with Gasteiger partial charge in [0, 0.05) is 23.4 Å². The molecule has 0 bridgehead atoms. The molecule has 3 rings (SSSR count). The first-order valence-corrected chi connectivity index (χ1v) is 8.37. The van der Waals surface area contributed by atoms with Gasteiger partial charge in [0.1, 0.15) is 0 Å². The average molecular weight is 322 g/mol. The highest BCUT2D eigenvalue weighted by molar-refractivity contribution is 6.05. The van der Waals surface area contributed by atoms with E-state index in [1.807, 2.05) is 36.4 Å². The molecule has 0 atom stereocenters. The van der Waals surface area contributed by atoms with Crippen molar-refractivity contribution in [1.82, 2.24) is 0 Å². The number of aryl methyl sites for hydroxylation is 1. The van der Waals surface area contributed by atoms with Crippen molar-refractivity contribution >= 4 is 23.2 Å². The number of hydrogen-bond acceptors (Lipinski definition) is 2. The van der Waals surface area contributed by atoms with Crippen LogP contribution in [0.5, 0.6) is 0 Å². The Morgan fingerprint density at radius 2 is 1.83 bits per heavy atom. The van der Waals surface area contributed by atoms with E-state index in [-0.39, 0.29) is 11.8 Å². The van der Waals surface area contributed by atoms with Crippen LogP contribution in [-0.2, 0) is 11.2 Å². The van der Waals surface area contributed by atoms with Crippen LogP contribution in [0.1, 0.15) is 54.1 Å². The van der Waals surface area contributed by atoms with Crippen molar-refractivity contribution in [3.8, 4) is 0 Å². The van der Waals surface area contributed by atoms with Crippen molar-refractivity contribution in [3.05, 3.63) is 59.2 Å². The van der Waals surface area contributed by atoms with E-state index in [9.17, 15) is 9.59 Å². The van der Waals surface area contributed by atoms with Crippen LogP contribution in [0.2, 0.25) is 0 Å². The predicted octanol–water partition coefficient (Wildman–Crippen LogP) is 4.34. The normalized spacial score (nSPS) is 13.9. The first kappa shape index (κ1) is 16.2. The topological polar surface area (TPSA) is 58.2 Å². The first-order chi connectivity index (χ1) is 11.5. The standard InChI is InChI=1S/C20H22N2O2/c1-13(2)14-6-9-17(10-7-14)21-20(24)16-8-11-18-15(12-16)4-3-5-19(23)22-18/h6-13H,3-5H2,1-2H3,(H,21,24)(H,22,23). The van der Waals surface area contributed by atoms with Gasteiger partial charge in [-0.3, -0.25) is 9.59 Å². The van der Waals surface area contributed by atoms with Crippen molar-refractivity contribution < 1.29 is 9.59 Å². The number of carbonyl (C=O) groups is 2. The second-order valence-electron chi connectivity index (χ2n) is 6.50. The number of rotatable bonds is 3. The van der Waals surface area contributed by atoms with Crippen molar-refractivity contribution in [2.45, 2.75) is 39.0 Å². The van der Waals surface area contributed by atoms with Gasteiger partial charge in [-0.15, -0.1) is 0 Å². The van der Waals surface area contributed by atoms with Crippen LogP contribution in [0, 0.1) is 0 Å². The predicted molar refractivity (Wildman–Crippen MR) is 96.5 cm³/mol. The van der Waals surface area contributed by atoms with Crippen LogP contribution in [0.4, 0.5) is 11.4 Å². The molecule has 0 saturated heterocycles. The fraction of sp³-hybridized carbons (Fsp3) is 0.300. The summed E-state index contributed by atoms with van der Waals surface area (Å²) in [5.41, 5.74) is 4.47. The third-order valence-corrected chi connectivity index (χ3v) is 4.33. The number of nitrogens with one attached hydrogen (secondary N) is 2. The van der Waals surface area contributed by atoms with Gasteiger partial charge in [0.25, 0.3) is 5.91 Å². The molecule has 1 heterocycles. The van der Waals surface area contributed by atoms with Gasteiger partial charge in [-0.1, -0.05) is 26.0 Å². The quantitative estimate of drug-likeness (QED) is 0.883. The summed E-state index contributed by atoms with van der Waals surface area (Å²) in [6, 6.07) is 13.4. The van der Waals surface area contributed by atoms with E-state index in [1.165, 1.54) is 5.56 Å². The minimum Gasteiger partial charge on any atom is -0.326 e. The van der Waals surface area contributed by atoms with E-state index in [1.54, 1.807) is 6.07 Å². The second kappa shape index (κ2) is 6.87. The van der Waals surface area contributed by atoms with Gasteiger partial charge in [0.2, 0.25) is 5.91 Å². The van der Waals surface area contributed by atoms with Crippen LogP contribution in [0.25, 0.3) is 0 Å². The minimum absolute atomic E-state index is 0.0381. The zero-order valence-electron chi connectivity index (χ0n) is 14.1. The van der Waals surface area contributed by atoms with Crippen molar-refractivity contribution in [1.29, 1.82) is 0 Å². The third-order valence-electron chi connectivity index (χ3n) is 4.33. The molecule has 2 aromatic carbocycles. The van der Waals surface area contributed by atoms with E-state index in [0.29, 0.717) is 17.9 Å². The lowest BCUT2D eigenvalue weighted by Gasteiger charge is -2.11. The van der Waals surface area contributed by atoms with Crippen molar-refractivity contribution in [2.24, 2.45) is 0 Å². The summed E-state index contributed by atoms with van der Waals surface area (Å²) in [7, 11) is 0. The van der Waals surface area contributed by atoms with Crippen LogP contribution in [-0.4, -0.2) is 11.8 Å². The number of fused-ring (bicyclic) bond motifs is 1. The van der Waals surface area contributed by atoms with Crippen LogP contribution in [0.15, 0.2) is 42.5 Å². The molecule has 0 fully saturated rings. The van der Waals surface area contributed by atoms with E-state index in [2.05, 4.69) is 24.5 Å². The summed E-state index contributed by atoms with van der Waals surface area (Å²) in [5, 5.41) is 5.81. The van der Waals surface area contributed by atoms with Gasteiger partial charge in [-0.05, 0) is 60.2 Å². The van der Waals surface area contributed by atoms with Gasteiger partial charge in [-0.2, -0.15) is 0 Å². The number of amides is 2. The minimum atomic E-state index is -0.134. The summed E-state index contributed by atoms with van der Waals surface area (Å²) < 4.78 is 0. The summed E-state index contributed by atoms with van der Waals surface area (Å²) in [4.78, 5) is 24.1. The maximum atomic E-state index is 12.5. The van der Waals surface area contributed by atoms with Crippen LogP contribution in [0.3, 0.4) is 0 Å². The van der Waals surface area contributed by atoms with E-state index in [4.69, 9.17) is 0 Å². The molecule has 24 heavy (non-hydrogen) atoms. The number of anilines is 2. The molecular formula is C20H22N2O2. The molecule has 1 aliphatic rings. The molecule has 1 aliphatic heterocycles. The lowest BCUT2D eigenvalue weighted by Crippen LogP contribution is -2.13. The highest BCUT2D eigenvalue weighted by atomic mass is 16.2. The summed E-state index contributed by atoms with van der Waals surface area (Å²) in [5.74, 6) is 0.372. The van der Waals surface area contributed by atoms with Gasteiger partial charge >= 0.3 is 0 Å². The lowest BCUT2D eigenvalue weighted by atomic mass is 10.0. The Morgan fingerprint density at radius 1 is 1.08 bits per heavy atom. The maximum absolute atomic E-state index is 12.5. The molecule has 0 saturated carbocycles. The molecule has 2 aromatic rings. The average Bonchev–Trinajstić information content (AvgIpc) is 2.75. The fourth-order valence-corrected chi connectivity index (χ4v) is 2.87. The van der Waals surface area contributed by atoms with Crippen LogP contribution < -0.4 is 10.6 Å². The Labute approximate surface area is 142 Å². The Kier molecular flexibility index (Phi) is 4.65. The number of hydrogen-bond donors (Lipinski definition) is 2. The Balaban J connectivity index is 1.75. The molecule has 4 nitrogen and oxygen atoms in total. The molecule has 0 aromatic heterocycles. The van der Waals surface area contributed by atoms with Gasteiger partial charge in [-0.25, -0.2) is 0 Å². The maximum Gasteiger partial charge on any atom is 0.255 e. The summed E-state index contributed by atoms with van der Waals surface area (Å²) >= 11 is 0. The molecule has 4 heteroatoms. The van der Waals surface area contributed by atoms with Gasteiger partial charge in [0.15, 0.2) is 0 Å². The fourth-order valence-electron chi connectivity index (χ4n) is 2.87. The van der Waals surface area contributed by atoms with Crippen LogP contribution >= 0.6 is 0 Å². The molecule has 0 spiro atoms. The zero-order valence-corrected chi connectivity index (χ0v) is 14.1. The Morgan fingerprint density at radius 3 is 2.54 bits per heavy atom. The third kappa shape index (κ3) is 3.65. The molecule has 2 N–H and O–H groups in total. The van der Waals surface area contributed by atoms with Gasteiger partial charge < -0.3 is 10.6 Å². The smallest absolute Gasteiger partial charge is 0.255 e. The highest BCUT2D eigenvalue weighted by Gasteiger charge is 2.15. The lowest BCUT2D eigenvalue weighted by molar-refractivity contribution is -0.116. The van der Waals surface area contributed by atoms with E-state index in [0.717, 1.165) is 29.8 Å². The highest BCUT2D eigenvalue weighted by Crippen LogP contribution is 2.24. The Hall–Kier alpha value is -2.62. The first-order valence-electron chi connectivity index (χ1n) is 8.37. The molecule has 0 aliphatic carbocycles. The molecule has 0 unspecified atom stereocenters. The SMILES string of the molecule is CC(C)c1ccc(NC(=O)c2ccc3c(c2)CCCC(=O)N3)cc1. The van der Waals surface area contributed by atoms with Crippen molar-refractivity contribution in [3.63, 3.8) is 0 Å². The largest absolute Gasteiger partial charge is 0.326 e. The zero-order chi connectivity index (χ0) is 17.1. The van der Waals surface area contributed by atoms with Gasteiger partial charge in [0.05, 0.1) is 0 Å². The monoisotopic (exact) mass is 322 g/mol. The summed E-state index contributed by atoms with van der Waals surface area (Å²) in [6.07, 6.45) is 2.14. The number of carbonyl (C=O) groups excluding carboxylic acids is 2. The van der Waals surface area contributed by atoms with E-state index >= 15 is 0 Å². The number of benzene rings is 2. The second-order valence-corrected chi connectivity index (χ2v) is 6.50. The van der Waals surface area contributed by atoms with E-state index < -0.39 is 0 Å². The molecular weight excluding hydrogens is 300 g/mol. The van der Waals surface area contributed by atoms with Crippen molar-refractivity contribution in [2.75, 3.05) is 10.6 Å². The summed E-state index contributed by atoms with van der Waals surface area (Å²) in [6.45, 7) is 4.28.